The number of carbonyl (C=O) groups is 2. The summed E-state index contributed by atoms with van der Waals surface area (Å²) in [6.45, 7) is 1.78. The molecule has 0 unspecified atom stereocenters. The monoisotopic (exact) mass is 284 g/mol. The molecule has 21 heavy (non-hydrogen) atoms. The number of H-pyrrole nitrogens is 1. The molecule has 0 fully saturated rings. The van der Waals surface area contributed by atoms with Crippen molar-refractivity contribution in [2.75, 3.05) is 5.32 Å². The third-order valence-electron chi connectivity index (χ3n) is 2.74. The third kappa shape index (κ3) is 4.31. The number of aromatic nitrogens is 1. The summed E-state index contributed by atoms with van der Waals surface area (Å²) in [6, 6.07) is 10.3. The highest BCUT2D eigenvalue weighted by molar-refractivity contribution is 5.96. The first kappa shape index (κ1) is 14.5. The van der Waals surface area contributed by atoms with E-state index in [-0.39, 0.29) is 11.8 Å². The summed E-state index contributed by atoms with van der Waals surface area (Å²) < 4.78 is 0. The summed E-state index contributed by atoms with van der Waals surface area (Å²) in [5.74, 6) is -0.381. The third-order valence-corrected chi connectivity index (χ3v) is 2.74. The second kappa shape index (κ2) is 7.04. The summed E-state index contributed by atoms with van der Waals surface area (Å²) in [5.41, 5.74) is 4.36. The Hall–Kier alpha value is -2.89. The molecule has 6 heteroatoms. The smallest absolute Gasteiger partial charge is 0.271 e. The van der Waals surface area contributed by atoms with Crippen LogP contribution >= 0.6 is 0 Å². The van der Waals surface area contributed by atoms with Gasteiger partial charge in [0, 0.05) is 23.9 Å². The first-order chi connectivity index (χ1) is 10.2. The summed E-state index contributed by atoms with van der Waals surface area (Å²) in [4.78, 5) is 26.0. The standard InChI is InChI=1S/C15H16N4O2/c1-2-14(20)18-12-7-5-11(6-8-12)15(21)19-17-10-13-4-3-9-16-13/h3-10,16H,2H2,1H3,(H,18,20)(H,19,21)/b17-10-. The maximum absolute atomic E-state index is 11.8. The molecule has 0 aliphatic carbocycles. The summed E-state index contributed by atoms with van der Waals surface area (Å²) >= 11 is 0. The highest BCUT2D eigenvalue weighted by atomic mass is 16.2. The Labute approximate surface area is 122 Å². The molecule has 1 aromatic carbocycles. The lowest BCUT2D eigenvalue weighted by molar-refractivity contribution is -0.115. The maximum Gasteiger partial charge on any atom is 0.271 e. The van der Waals surface area contributed by atoms with Gasteiger partial charge in [-0.25, -0.2) is 5.43 Å². The number of amides is 2. The van der Waals surface area contributed by atoms with Gasteiger partial charge < -0.3 is 10.3 Å². The quantitative estimate of drug-likeness (QED) is 0.580. The highest BCUT2D eigenvalue weighted by Crippen LogP contribution is 2.09. The van der Waals surface area contributed by atoms with Gasteiger partial charge in [0.25, 0.3) is 5.91 Å². The average molecular weight is 284 g/mol. The Morgan fingerprint density at radius 1 is 1.24 bits per heavy atom. The minimum absolute atomic E-state index is 0.0669. The number of aromatic amines is 1. The lowest BCUT2D eigenvalue weighted by Gasteiger charge is -2.04. The van der Waals surface area contributed by atoms with E-state index < -0.39 is 0 Å². The SMILES string of the molecule is CCC(=O)Nc1ccc(C(=O)N/N=C\c2ccc[nH]2)cc1. The van der Waals surface area contributed by atoms with Crippen LogP contribution in [0.1, 0.15) is 29.4 Å². The molecule has 3 N–H and O–H groups in total. The molecule has 0 spiro atoms. The number of hydrogen-bond acceptors (Lipinski definition) is 3. The Morgan fingerprint density at radius 2 is 2.00 bits per heavy atom. The zero-order valence-electron chi connectivity index (χ0n) is 11.6. The fourth-order valence-corrected chi connectivity index (χ4v) is 1.60. The summed E-state index contributed by atoms with van der Waals surface area (Å²) in [5, 5.41) is 6.56. The van der Waals surface area contributed by atoms with Crippen molar-refractivity contribution in [1.82, 2.24) is 10.4 Å². The van der Waals surface area contributed by atoms with Crippen LogP contribution in [0.5, 0.6) is 0 Å². The lowest BCUT2D eigenvalue weighted by atomic mass is 10.2. The summed E-state index contributed by atoms with van der Waals surface area (Å²) in [6.07, 6.45) is 3.70. The molecule has 6 nitrogen and oxygen atoms in total. The Bertz CT molecular complexity index is 630. The number of hydrazone groups is 1. The Kier molecular flexibility index (Phi) is 4.87. The average Bonchev–Trinajstić information content (AvgIpc) is 3.01. The first-order valence-corrected chi connectivity index (χ1v) is 6.55. The van der Waals surface area contributed by atoms with E-state index in [0.29, 0.717) is 17.7 Å². The van der Waals surface area contributed by atoms with E-state index >= 15 is 0 Å². The molecule has 2 aromatic rings. The number of rotatable bonds is 5. The van der Waals surface area contributed by atoms with Crippen LogP contribution in [0.2, 0.25) is 0 Å². The maximum atomic E-state index is 11.8. The van der Waals surface area contributed by atoms with Gasteiger partial charge in [-0.1, -0.05) is 6.92 Å². The first-order valence-electron chi connectivity index (χ1n) is 6.55. The van der Waals surface area contributed by atoms with Crippen molar-refractivity contribution in [3.8, 4) is 0 Å². The van der Waals surface area contributed by atoms with Crippen molar-refractivity contribution >= 4 is 23.7 Å². The van der Waals surface area contributed by atoms with Crippen molar-refractivity contribution in [2.45, 2.75) is 13.3 Å². The molecule has 2 rings (SSSR count). The minimum atomic E-state index is -0.314. The number of carbonyl (C=O) groups excluding carboxylic acids is 2. The molecule has 0 aliphatic heterocycles. The second-order valence-electron chi connectivity index (χ2n) is 4.30. The van der Waals surface area contributed by atoms with E-state index in [9.17, 15) is 9.59 Å². The normalized spacial score (nSPS) is 10.5. The molecule has 108 valence electrons. The van der Waals surface area contributed by atoms with Crippen molar-refractivity contribution in [2.24, 2.45) is 5.10 Å². The van der Waals surface area contributed by atoms with Gasteiger partial charge in [-0.15, -0.1) is 0 Å². The van der Waals surface area contributed by atoms with Gasteiger partial charge in [-0.3, -0.25) is 9.59 Å². The van der Waals surface area contributed by atoms with Gasteiger partial charge in [-0.2, -0.15) is 5.10 Å². The zero-order chi connectivity index (χ0) is 15.1. The fraction of sp³-hybridized carbons (Fsp3) is 0.133. The number of nitrogens with one attached hydrogen (secondary N) is 3. The number of anilines is 1. The number of hydrogen-bond donors (Lipinski definition) is 3. The van der Waals surface area contributed by atoms with Crippen molar-refractivity contribution in [1.29, 1.82) is 0 Å². The zero-order valence-corrected chi connectivity index (χ0v) is 11.6. The lowest BCUT2D eigenvalue weighted by Crippen LogP contribution is -2.17. The molecular formula is C15H16N4O2. The van der Waals surface area contributed by atoms with Gasteiger partial charge in [0.05, 0.1) is 11.9 Å². The Balaban J connectivity index is 1.92. The molecule has 1 aromatic heterocycles. The van der Waals surface area contributed by atoms with E-state index in [0.717, 1.165) is 5.69 Å². The van der Waals surface area contributed by atoms with Crippen LogP contribution in [-0.2, 0) is 4.79 Å². The van der Waals surface area contributed by atoms with Crippen molar-refractivity contribution in [3.05, 3.63) is 53.9 Å². The molecular weight excluding hydrogens is 268 g/mol. The van der Waals surface area contributed by atoms with Crippen LogP contribution in [0.15, 0.2) is 47.7 Å². The van der Waals surface area contributed by atoms with Gasteiger partial charge in [0.15, 0.2) is 0 Å². The van der Waals surface area contributed by atoms with E-state index in [4.69, 9.17) is 0 Å². The highest BCUT2D eigenvalue weighted by Gasteiger charge is 2.05. The van der Waals surface area contributed by atoms with Crippen LogP contribution in [0, 0.1) is 0 Å². The Morgan fingerprint density at radius 3 is 2.62 bits per heavy atom. The molecule has 0 aliphatic rings. The summed E-state index contributed by atoms with van der Waals surface area (Å²) in [7, 11) is 0. The predicted octanol–water partition coefficient (Wildman–Crippen LogP) is 2.13. The van der Waals surface area contributed by atoms with Crippen molar-refractivity contribution in [3.63, 3.8) is 0 Å². The topological polar surface area (TPSA) is 86.3 Å². The molecule has 0 radical (unpaired) electrons. The van der Waals surface area contributed by atoms with Crippen LogP contribution < -0.4 is 10.7 Å². The molecule has 0 bridgehead atoms. The molecule has 0 saturated heterocycles. The predicted molar refractivity (Wildman–Crippen MR) is 81.2 cm³/mol. The van der Waals surface area contributed by atoms with Gasteiger partial charge in [-0.05, 0) is 36.4 Å². The van der Waals surface area contributed by atoms with Gasteiger partial charge >= 0.3 is 0 Å². The van der Waals surface area contributed by atoms with E-state index in [1.165, 1.54) is 6.21 Å². The molecule has 2 amide bonds. The number of nitrogens with zero attached hydrogens (tertiary/aromatic N) is 1. The minimum Gasteiger partial charge on any atom is -0.360 e. The number of benzene rings is 1. The van der Waals surface area contributed by atoms with Crippen LogP contribution in [0.4, 0.5) is 5.69 Å². The van der Waals surface area contributed by atoms with Crippen LogP contribution in [-0.4, -0.2) is 23.0 Å². The van der Waals surface area contributed by atoms with E-state index in [1.54, 1.807) is 37.4 Å². The van der Waals surface area contributed by atoms with E-state index in [1.807, 2.05) is 12.1 Å². The molecule has 1 heterocycles. The molecule has 0 atom stereocenters. The largest absolute Gasteiger partial charge is 0.360 e. The fourth-order valence-electron chi connectivity index (χ4n) is 1.60. The van der Waals surface area contributed by atoms with Gasteiger partial charge in [0.2, 0.25) is 5.91 Å². The van der Waals surface area contributed by atoms with Crippen molar-refractivity contribution < 1.29 is 9.59 Å². The van der Waals surface area contributed by atoms with Gasteiger partial charge in [0.1, 0.15) is 0 Å². The molecule has 0 saturated carbocycles. The second-order valence-corrected chi connectivity index (χ2v) is 4.30. The van der Waals surface area contributed by atoms with E-state index in [2.05, 4.69) is 20.8 Å². The van der Waals surface area contributed by atoms with Crippen LogP contribution in [0.25, 0.3) is 0 Å². The van der Waals surface area contributed by atoms with Crippen LogP contribution in [0.3, 0.4) is 0 Å².